The molecule has 0 N–H and O–H groups in total. The van der Waals surface area contributed by atoms with Crippen molar-refractivity contribution in [2.24, 2.45) is 0 Å². The molecular weight excluding hydrogens is 222 g/mol. The Labute approximate surface area is 97.7 Å². The minimum absolute atomic E-state index is 0.738. The Morgan fingerprint density at radius 3 is 2.62 bits per heavy atom. The Morgan fingerprint density at radius 2 is 1.81 bits per heavy atom. The molecule has 2 nitrogen and oxygen atoms in total. The second-order valence-electron chi connectivity index (χ2n) is 3.54. The van der Waals surface area contributed by atoms with Gasteiger partial charge in [-0.3, -0.25) is 0 Å². The molecule has 3 heteroatoms. The van der Waals surface area contributed by atoms with Crippen LogP contribution in [0.3, 0.4) is 0 Å². The first-order valence-electron chi connectivity index (χ1n) is 4.98. The molecule has 0 spiro atoms. The average molecular weight is 231 g/mol. The Kier molecular flexibility index (Phi) is 2.15. The van der Waals surface area contributed by atoms with E-state index in [-0.39, 0.29) is 0 Å². The largest absolute Gasteiger partial charge is 0.406 e. The summed E-state index contributed by atoms with van der Waals surface area (Å²) in [5, 5.41) is 0.738. The van der Waals surface area contributed by atoms with E-state index < -0.39 is 0 Å². The highest BCUT2D eigenvalue weighted by atomic mass is 35.5. The summed E-state index contributed by atoms with van der Waals surface area (Å²) in [7, 11) is 0. The van der Waals surface area contributed by atoms with Crippen LogP contribution in [0.4, 0.5) is 0 Å². The molecule has 0 radical (unpaired) electrons. The Morgan fingerprint density at radius 1 is 1.00 bits per heavy atom. The second kappa shape index (κ2) is 3.65. The summed E-state index contributed by atoms with van der Waals surface area (Å²) in [4.78, 5) is 0. The van der Waals surface area contributed by atoms with Crippen LogP contribution in [0.5, 0.6) is 0 Å². The molecule has 2 aromatic heterocycles. The molecule has 2 heterocycles. The third-order valence-corrected chi connectivity index (χ3v) is 2.77. The maximum Gasteiger partial charge on any atom is 0.378 e. The molecule has 1 aromatic carbocycles. The van der Waals surface area contributed by atoms with E-state index in [2.05, 4.69) is 0 Å². The van der Waals surface area contributed by atoms with Crippen molar-refractivity contribution in [1.82, 2.24) is 0 Å². The number of pyridine rings is 1. The van der Waals surface area contributed by atoms with Crippen molar-refractivity contribution in [1.29, 1.82) is 0 Å². The molecule has 0 aliphatic rings. The normalized spacial score (nSPS) is 10.8. The van der Waals surface area contributed by atoms with Crippen molar-refractivity contribution in [3.63, 3.8) is 0 Å². The second-order valence-corrected chi connectivity index (χ2v) is 3.97. The molecule has 0 saturated heterocycles. The van der Waals surface area contributed by atoms with Crippen LogP contribution in [-0.2, 0) is 0 Å². The van der Waals surface area contributed by atoms with Gasteiger partial charge in [0, 0.05) is 11.1 Å². The summed E-state index contributed by atoms with van der Waals surface area (Å²) in [6.45, 7) is 0. The molecule has 0 aliphatic carbocycles. The lowest BCUT2D eigenvalue weighted by Gasteiger charge is -1.92. The van der Waals surface area contributed by atoms with Crippen LogP contribution >= 0.6 is 11.6 Å². The highest BCUT2D eigenvalue weighted by Crippen LogP contribution is 2.19. The zero-order valence-corrected chi connectivity index (χ0v) is 9.19. The lowest BCUT2D eigenvalue weighted by Crippen LogP contribution is -2.20. The number of nitrogens with zero attached hydrogens (tertiary/aromatic N) is 1. The van der Waals surface area contributed by atoms with E-state index in [0.717, 1.165) is 22.0 Å². The van der Waals surface area contributed by atoms with Gasteiger partial charge in [0.25, 0.3) is 5.69 Å². The predicted molar refractivity (Wildman–Crippen MR) is 62.3 cm³/mol. The van der Waals surface area contributed by atoms with Crippen LogP contribution in [0.1, 0.15) is 0 Å². The summed E-state index contributed by atoms with van der Waals surface area (Å²) in [5.41, 5.74) is 2.93. The fourth-order valence-corrected chi connectivity index (χ4v) is 1.85. The summed E-state index contributed by atoms with van der Waals surface area (Å²) >= 11 is 5.86. The van der Waals surface area contributed by atoms with E-state index in [0.29, 0.717) is 0 Å². The fraction of sp³-hybridized carbons (Fsp3) is 0. The molecule has 0 atom stereocenters. The van der Waals surface area contributed by atoms with Gasteiger partial charge in [-0.25, -0.2) is 0 Å². The standard InChI is InChI=1S/C13H9ClNO/c14-11-6-4-10(5-7-11)12-9-16-13-3-1-2-8-15(12)13/h1-9H/q+1. The highest BCUT2D eigenvalue weighted by molar-refractivity contribution is 6.30. The molecule has 3 rings (SSSR count). The molecular formula is C13H9ClNO+. The molecule has 3 aromatic rings. The molecule has 0 fully saturated rings. The summed E-state index contributed by atoms with van der Waals surface area (Å²) in [6, 6.07) is 13.6. The quantitative estimate of drug-likeness (QED) is 0.586. The van der Waals surface area contributed by atoms with Gasteiger partial charge < -0.3 is 4.42 Å². The SMILES string of the molecule is Clc1ccc(-c2coc3cccc[n+]23)cc1. The monoisotopic (exact) mass is 230 g/mol. The van der Waals surface area contributed by atoms with Crippen molar-refractivity contribution < 1.29 is 8.82 Å². The van der Waals surface area contributed by atoms with E-state index in [1.807, 2.05) is 53.1 Å². The number of fused-ring (bicyclic) bond motifs is 1. The zero-order valence-electron chi connectivity index (χ0n) is 8.43. The first-order chi connectivity index (χ1) is 7.84. The number of hydrogen-bond donors (Lipinski definition) is 0. The Balaban J connectivity index is 2.22. The first-order valence-corrected chi connectivity index (χ1v) is 5.36. The minimum Gasteiger partial charge on any atom is -0.406 e. The van der Waals surface area contributed by atoms with E-state index >= 15 is 0 Å². The van der Waals surface area contributed by atoms with Crippen molar-refractivity contribution in [2.75, 3.05) is 0 Å². The molecule has 0 saturated carbocycles. The van der Waals surface area contributed by atoms with E-state index in [4.69, 9.17) is 16.0 Å². The maximum absolute atomic E-state index is 5.86. The first kappa shape index (κ1) is 9.43. The lowest BCUT2D eigenvalue weighted by atomic mass is 10.2. The van der Waals surface area contributed by atoms with Crippen molar-refractivity contribution in [3.8, 4) is 11.3 Å². The van der Waals surface area contributed by atoms with E-state index in [1.54, 1.807) is 6.26 Å². The van der Waals surface area contributed by atoms with Gasteiger partial charge in [-0.15, -0.1) is 4.40 Å². The highest BCUT2D eigenvalue weighted by Gasteiger charge is 2.15. The Hall–Kier alpha value is -1.80. The summed E-state index contributed by atoms with van der Waals surface area (Å²) < 4.78 is 7.47. The number of halogens is 1. The van der Waals surface area contributed by atoms with Gasteiger partial charge in [-0.2, -0.15) is 0 Å². The maximum atomic E-state index is 5.86. The minimum atomic E-state index is 0.738. The van der Waals surface area contributed by atoms with E-state index in [9.17, 15) is 0 Å². The van der Waals surface area contributed by atoms with Crippen molar-refractivity contribution in [3.05, 3.63) is 59.9 Å². The topological polar surface area (TPSA) is 17.2 Å². The summed E-state index contributed by atoms with van der Waals surface area (Å²) in [6.07, 6.45) is 3.72. The number of oxazole rings is 1. The number of aromatic nitrogens is 1. The van der Waals surface area contributed by atoms with Crippen molar-refractivity contribution in [2.45, 2.75) is 0 Å². The van der Waals surface area contributed by atoms with Gasteiger partial charge in [0.15, 0.2) is 12.5 Å². The molecule has 16 heavy (non-hydrogen) atoms. The zero-order chi connectivity index (χ0) is 11.0. The third kappa shape index (κ3) is 1.48. The van der Waals surface area contributed by atoms with Gasteiger partial charge >= 0.3 is 5.71 Å². The third-order valence-electron chi connectivity index (χ3n) is 2.51. The van der Waals surface area contributed by atoms with Crippen LogP contribution in [0, 0.1) is 0 Å². The van der Waals surface area contributed by atoms with Gasteiger partial charge in [0.1, 0.15) is 0 Å². The molecule has 78 valence electrons. The smallest absolute Gasteiger partial charge is 0.378 e. The molecule has 0 aliphatic heterocycles. The van der Waals surface area contributed by atoms with E-state index in [1.165, 1.54) is 0 Å². The number of benzene rings is 1. The predicted octanol–water partition coefficient (Wildman–Crippen LogP) is 3.34. The van der Waals surface area contributed by atoms with Gasteiger partial charge in [-0.05, 0) is 30.3 Å². The van der Waals surface area contributed by atoms with Crippen LogP contribution in [-0.4, -0.2) is 0 Å². The van der Waals surface area contributed by atoms with Crippen LogP contribution in [0.25, 0.3) is 17.0 Å². The fourth-order valence-electron chi connectivity index (χ4n) is 1.72. The van der Waals surface area contributed by atoms with Crippen LogP contribution in [0.15, 0.2) is 59.3 Å². The molecule has 0 bridgehead atoms. The van der Waals surface area contributed by atoms with Gasteiger partial charge in [0.2, 0.25) is 0 Å². The Bertz CT molecular complexity index is 628. The molecule has 0 unspecified atom stereocenters. The van der Waals surface area contributed by atoms with Crippen molar-refractivity contribution >= 4 is 17.3 Å². The van der Waals surface area contributed by atoms with Gasteiger partial charge in [0.05, 0.1) is 11.6 Å². The number of rotatable bonds is 1. The van der Waals surface area contributed by atoms with Gasteiger partial charge in [-0.1, -0.05) is 11.6 Å². The number of hydrogen-bond acceptors (Lipinski definition) is 1. The summed E-state index contributed by atoms with van der Waals surface area (Å²) in [5.74, 6) is 0. The van der Waals surface area contributed by atoms with Crippen LogP contribution in [0.2, 0.25) is 5.02 Å². The lowest BCUT2D eigenvalue weighted by molar-refractivity contribution is -0.501. The van der Waals surface area contributed by atoms with Crippen LogP contribution < -0.4 is 4.40 Å². The molecule has 0 amide bonds. The average Bonchev–Trinajstić information content (AvgIpc) is 2.74.